The number of nitrogens with one attached hydrogen (secondary N) is 2. The largest absolute Gasteiger partial charge is 0.397 e. The monoisotopic (exact) mass is 277 g/mol. The lowest BCUT2D eigenvalue weighted by Crippen LogP contribution is -2.39. The van der Waals surface area contributed by atoms with Gasteiger partial charge in [0.1, 0.15) is 0 Å². The van der Waals surface area contributed by atoms with Crippen LogP contribution in [0.1, 0.15) is 6.92 Å². The van der Waals surface area contributed by atoms with Gasteiger partial charge in [-0.3, -0.25) is 0 Å². The number of nitrogens with two attached hydrogens (primary N) is 1. The standard InChI is InChI=1S/C9H12ClN3O3S/c1-2-12-9(14)13-17(15,16)6-3-4-7(10)8(11)5-6/h3-5H,2,11H2,1H3,(H2,12,13,14). The second-order valence-corrected chi connectivity index (χ2v) is 5.24. The minimum absolute atomic E-state index is 0.120. The minimum Gasteiger partial charge on any atom is -0.397 e. The first-order valence-electron chi connectivity index (χ1n) is 4.72. The van der Waals surface area contributed by atoms with E-state index in [1.807, 2.05) is 4.72 Å². The van der Waals surface area contributed by atoms with Crippen LogP contribution in [0.5, 0.6) is 0 Å². The third-order valence-electron chi connectivity index (χ3n) is 1.84. The molecule has 4 N–H and O–H groups in total. The third kappa shape index (κ3) is 3.50. The summed E-state index contributed by atoms with van der Waals surface area (Å²) in [6.45, 7) is 2.00. The summed E-state index contributed by atoms with van der Waals surface area (Å²) in [6.07, 6.45) is 0. The zero-order chi connectivity index (χ0) is 13.1. The van der Waals surface area contributed by atoms with Crippen molar-refractivity contribution in [2.75, 3.05) is 12.3 Å². The van der Waals surface area contributed by atoms with Gasteiger partial charge in [0.25, 0.3) is 10.0 Å². The van der Waals surface area contributed by atoms with E-state index >= 15 is 0 Å². The van der Waals surface area contributed by atoms with Crippen molar-refractivity contribution < 1.29 is 13.2 Å². The molecule has 0 spiro atoms. The number of benzene rings is 1. The Bertz CT molecular complexity index is 530. The Labute approximate surface area is 104 Å². The lowest BCUT2D eigenvalue weighted by molar-refractivity contribution is 0.246. The summed E-state index contributed by atoms with van der Waals surface area (Å²) in [5, 5.41) is 2.56. The molecule has 2 amide bonds. The molecule has 0 fully saturated rings. The molecule has 0 radical (unpaired) electrons. The molecule has 0 unspecified atom stereocenters. The van der Waals surface area contributed by atoms with Gasteiger partial charge in [0.15, 0.2) is 0 Å². The molecule has 0 bridgehead atoms. The van der Waals surface area contributed by atoms with Gasteiger partial charge in [-0.05, 0) is 25.1 Å². The van der Waals surface area contributed by atoms with Gasteiger partial charge in [-0.15, -0.1) is 0 Å². The van der Waals surface area contributed by atoms with Gasteiger partial charge in [0, 0.05) is 6.54 Å². The van der Waals surface area contributed by atoms with E-state index in [1.165, 1.54) is 18.2 Å². The molecule has 0 aliphatic carbocycles. The second-order valence-electron chi connectivity index (χ2n) is 3.15. The number of hydrogen-bond donors (Lipinski definition) is 3. The van der Waals surface area contributed by atoms with E-state index in [4.69, 9.17) is 17.3 Å². The van der Waals surface area contributed by atoms with Crippen molar-refractivity contribution in [1.29, 1.82) is 0 Å². The van der Waals surface area contributed by atoms with Crippen LogP contribution in [0.15, 0.2) is 23.1 Å². The summed E-state index contributed by atoms with van der Waals surface area (Å²) in [5.74, 6) is 0. The Morgan fingerprint density at radius 2 is 2.12 bits per heavy atom. The minimum atomic E-state index is -3.92. The molecule has 94 valence electrons. The van der Waals surface area contributed by atoms with Crippen molar-refractivity contribution >= 4 is 33.3 Å². The molecule has 0 aromatic heterocycles. The van der Waals surface area contributed by atoms with Crippen LogP contribution in [0.4, 0.5) is 10.5 Å². The highest BCUT2D eigenvalue weighted by atomic mass is 35.5. The van der Waals surface area contributed by atoms with Crippen LogP contribution in [0.25, 0.3) is 0 Å². The first kappa shape index (κ1) is 13.6. The van der Waals surface area contributed by atoms with Crippen LogP contribution in [0.3, 0.4) is 0 Å². The van der Waals surface area contributed by atoms with Gasteiger partial charge in [-0.25, -0.2) is 17.9 Å². The molecule has 0 aliphatic heterocycles. The number of halogens is 1. The quantitative estimate of drug-likeness (QED) is 0.715. The third-order valence-corrected chi connectivity index (χ3v) is 3.52. The fraction of sp³-hybridized carbons (Fsp3) is 0.222. The number of rotatable bonds is 3. The molecule has 0 saturated carbocycles. The van der Waals surface area contributed by atoms with E-state index in [-0.39, 0.29) is 15.6 Å². The van der Waals surface area contributed by atoms with Crippen LogP contribution in [-0.2, 0) is 10.0 Å². The molecule has 0 heterocycles. The Hall–Kier alpha value is -1.47. The molecule has 6 nitrogen and oxygen atoms in total. The molecule has 1 aromatic rings. The maximum absolute atomic E-state index is 11.7. The van der Waals surface area contributed by atoms with Gasteiger partial charge in [-0.2, -0.15) is 0 Å². The lowest BCUT2D eigenvalue weighted by atomic mass is 10.3. The van der Waals surface area contributed by atoms with Crippen molar-refractivity contribution in [2.24, 2.45) is 0 Å². The fourth-order valence-electron chi connectivity index (χ4n) is 1.07. The summed E-state index contributed by atoms with van der Waals surface area (Å²) < 4.78 is 25.3. The first-order chi connectivity index (χ1) is 7.86. The number of sulfonamides is 1. The smallest absolute Gasteiger partial charge is 0.328 e. The highest BCUT2D eigenvalue weighted by Crippen LogP contribution is 2.21. The number of carbonyl (C=O) groups excluding carboxylic acids is 1. The van der Waals surface area contributed by atoms with E-state index in [2.05, 4.69) is 5.32 Å². The Balaban J connectivity index is 2.97. The van der Waals surface area contributed by atoms with Crippen LogP contribution in [0, 0.1) is 0 Å². The van der Waals surface area contributed by atoms with Crippen molar-refractivity contribution in [3.63, 3.8) is 0 Å². The average molecular weight is 278 g/mol. The van der Waals surface area contributed by atoms with E-state index in [0.717, 1.165) is 0 Å². The zero-order valence-electron chi connectivity index (χ0n) is 9.03. The second kappa shape index (κ2) is 5.24. The summed E-state index contributed by atoms with van der Waals surface area (Å²) >= 11 is 5.67. The van der Waals surface area contributed by atoms with Gasteiger partial charge in [-0.1, -0.05) is 11.6 Å². The fourth-order valence-corrected chi connectivity index (χ4v) is 2.15. The van der Waals surface area contributed by atoms with Crippen LogP contribution in [-0.4, -0.2) is 21.0 Å². The summed E-state index contributed by atoms with van der Waals surface area (Å²) in [7, 11) is -3.92. The number of urea groups is 1. The Kier molecular flexibility index (Phi) is 4.19. The van der Waals surface area contributed by atoms with Crippen molar-refractivity contribution in [1.82, 2.24) is 10.0 Å². The van der Waals surface area contributed by atoms with E-state index in [0.29, 0.717) is 6.54 Å². The summed E-state index contributed by atoms with van der Waals surface area (Å²) in [5.41, 5.74) is 5.61. The molecular formula is C9H12ClN3O3S. The number of nitrogen functional groups attached to an aromatic ring is 1. The Morgan fingerprint density at radius 3 is 2.65 bits per heavy atom. The molecule has 0 saturated heterocycles. The maximum atomic E-state index is 11.7. The van der Waals surface area contributed by atoms with Crippen molar-refractivity contribution in [3.8, 4) is 0 Å². The predicted octanol–water partition coefficient (Wildman–Crippen LogP) is 0.930. The van der Waals surface area contributed by atoms with Gasteiger partial charge < -0.3 is 11.1 Å². The molecule has 0 atom stereocenters. The summed E-state index contributed by atoms with van der Waals surface area (Å²) in [6, 6.07) is 3.01. The molecular weight excluding hydrogens is 266 g/mol. The van der Waals surface area contributed by atoms with Crippen LogP contribution < -0.4 is 15.8 Å². The van der Waals surface area contributed by atoms with Gasteiger partial charge in [0.05, 0.1) is 15.6 Å². The van der Waals surface area contributed by atoms with Crippen LogP contribution in [0.2, 0.25) is 5.02 Å². The van der Waals surface area contributed by atoms with Crippen molar-refractivity contribution in [2.45, 2.75) is 11.8 Å². The highest BCUT2D eigenvalue weighted by molar-refractivity contribution is 7.90. The normalized spacial score (nSPS) is 10.9. The molecule has 17 heavy (non-hydrogen) atoms. The van der Waals surface area contributed by atoms with E-state index < -0.39 is 16.1 Å². The van der Waals surface area contributed by atoms with E-state index in [9.17, 15) is 13.2 Å². The van der Waals surface area contributed by atoms with E-state index in [1.54, 1.807) is 6.92 Å². The number of anilines is 1. The number of amides is 2. The average Bonchev–Trinajstić information content (AvgIpc) is 2.21. The summed E-state index contributed by atoms with van der Waals surface area (Å²) in [4.78, 5) is 11.0. The number of hydrogen-bond acceptors (Lipinski definition) is 4. The molecule has 0 aliphatic rings. The first-order valence-corrected chi connectivity index (χ1v) is 6.58. The van der Waals surface area contributed by atoms with Crippen molar-refractivity contribution in [3.05, 3.63) is 23.2 Å². The van der Waals surface area contributed by atoms with Gasteiger partial charge in [0.2, 0.25) is 0 Å². The topological polar surface area (TPSA) is 101 Å². The number of carbonyl (C=O) groups is 1. The predicted molar refractivity (Wildman–Crippen MR) is 65.3 cm³/mol. The van der Waals surface area contributed by atoms with Crippen LogP contribution >= 0.6 is 11.6 Å². The van der Waals surface area contributed by atoms with Gasteiger partial charge >= 0.3 is 6.03 Å². The SMILES string of the molecule is CCNC(=O)NS(=O)(=O)c1ccc(Cl)c(N)c1. The highest BCUT2D eigenvalue weighted by Gasteiger charge is 2.17. The molecule has 1 aromatic carbocycles. The molecule has 8 heteroatoms. The molecule has 1 rings (SSSR count). The maximum Gasteiger partial charge on any atom is 0.328 e. The zero-order valence-corrected chi connectivity index (χ0v) is 10.6. The lowest BCUT2D eigenvalue weighted by Gasteiger charge is -2.08. The Morgan fingerprint density at radius 1 is 1.47 bits per heavy atom.